The zero-order chi connectivity index (χ0) is 24.6. The number of amides is 2. The molecule has 35 heavy (non-hydrogen) atoms. The normalized spacial score (nSPS) is 11.5. The van der Waals surface area contributed by atoms with Crippen LogP contribution in [0, 0.1) is 6.92 Å². The quantitative estimate of drug-likeness (QED) is 0.266. The molecular weight excluding hydrogens is 452 g/mol. The first-order valence-corrected chi connectivity index (χ1v) is 12.5. The summed E-state index contributed by atoms with van der Waals surface area (Å²) in [4.78, 5) is 27.1. The highest BCUT2D eigenvalue weighted by atomic mass is 32.2. The van der Waals surface area contributed by atoms with Crippen molar-refractivity contribution in [1.29, 1.82) is 0 Å². The molecule has 2 amide bonds. The molecule has 0 aliphatic rings. The Morgan fingerprint density at radius 3 is 2.14 bits per heavy atom. The molecule has 4 nitrogen and oxygen atoms in total. The summed E-state index contributed by atoms with van der Waals surface area (Å²) in [5.74, 6) is 0.341. The molecule has 0 bridgehead atoms. The highest BCUT2D eigenvalue weighted by Gasteiger charge is 2.16. The summed E-state index contributed by atoms with van der Waals surface area (Å²) >= 11 is 1.76. The van der Waals surface area contributed by atoms with Crippen molar-refractivity contribution < 1.29 is 9.59 Å². The van der Waals surface area contributed by atoms with Gasteiger partial charge >= 0.3 is 0 Å². The van der Waals surface area contributed by atoms with Crippen molar-refractivity contribution in [3.05, 3.63) is 131 Å². The summed E-state index contributed by atoms with van der Waals surface area (Å²) in [6.45, 7) is 4.02. The van der Waals surface area contributed by atoms with E-state index in [1.807, 2.05) is 61.5 Å². The summed E-state index contributed by atoms with van der Waals surface area (Å²) in [6, 6.07) is 32.7. The van der Waals surface area contributed by atoms with Crippen LogP contribution >= 0.6 is 11.8 Å². The number of carbonyl (C=O) groups is 2. The summed E-state index contributed by atoms with van der Waals surface area (Å²) in [5.41, 5.74) is 4.85. The van der Waals surface area contributed by atoms with E-state index in [-0.39, 0.29) is 17.9 Å². The summed E-state index contributed by atoms with van der Waals surface area (Å²) in [6.07, 6.45) is 0. The molecule has 0 saturated heterocycles. The number of para-hydroxylation sites is 1. The van der Waals surface area contributed by atoms with Crippen molar-refractivity contribution in [3.8, 4) is 0 Å². The molecule has 0 fully saturated rings. The molecule has 2 N–H and O–H groups in total. The monoisotopic (exact) mass is 480 g/mol. The van der Waals surface area contributed by atoms with Crippen LogP contribution < -0.4 is 10.6 Å². The Bertz CT molecular complexity index is 1290. The molecular formula is C30H28N2O2S. The summed E-state index contributed by atoms with van der Waals surface area (Å²) < 4.78 is 0. The van der Waals surface area contributed by atoms with Crippen molar-refractivity contribution in [2.75, 3.05) is 5.32 Å². The number of hydrogen-bond donors (Lipinski definition) is 2. The molecule has 0 saturated carbocycles. The third-order valence-electron chi connectivity index (χ3n) is 5.71. The fourth-order valence-corrected chi connectivity index (χ4v) is 4.49. The van der Waals surface area contributed by atoms with Gasteiger partial charge in [0.05, 0.1) is 17.3 Å². The molecule has 176 valence electrons. The Morgan fingerprint density at radius 1 is 0.771 bits per heavy atom. The van der Waals surface area contributed by atoms with E-state index < -0.39 is 0 Å². The van der Waals surface area contributed by atoms with Crippen LogP contribution in [-0.2, 0) is 5.75 Å². The van der Waals surface area contributed by atoms with E-state index in [1.54, 1.807) is 36.0 Å². The van der Waals surface area contributed by atoms with Crippen molar-refractivity contribution in [2.45, 2.75) is 30.5 Å². The molecule has 0 heterocycles. The number of aryl methyl sites for hydroxylation is 1. The van der Waals surface area contributed by atoms with Crippen LogP contribution in [0.1, 0.15) is 50.4 Å². The zero-order valence-corrected chi connectivity index (χ0v) is 20.6. The molecule has 0 radical (unpaired) electrons. The Morgan fingerprint density at radius 2 is 1.43 bits per heavy atom. The van der Waals surface area contributed by atoms with Gasteiger partial charge in [-0.1, -0.05) is 72.3 Å². The standard InChI is InChI=1S/C30H28N2O2S/c1-21-12-18-26(19-13-21)35-20-23-14-16-25(17-15-23)29(33)32-28-11-7-6-10-27(28)30(34)31-22(2)24-8-4-3-5-9-24/h3-19,22H,20H2,1-2H3,(H,31,34)(H,32,33)/t22-/m1/s1. The predicted molar refractivity (Wildman–Crippen MR) is 144 cm³/mol. The molecule has 0 spiro atoms. The minimum Gasteiger partial charge on any atom is -0.345 e. The fourth-order valence-electron chi connectivity index (χ4n) is 3.64. The molecule has 4 rings (SSSR count). The molecule has 0 unspecified atom stereocenters. The van der Waals surface area contributed by atoms with Gasteiger partial charge in [-0.05, 0) is 61.4 Å². The van der Waals surface area contributed by atoms with Crippen molar-refractivity contribution in [2.24, 2.45) is 0 Å². The maximum absolute atomic E-state index is 13.0. The average molecular weight is 481 g/mol. The highest BCUT2D eigenvalue weighted by molar-refractivity contribution is 7.98. The van der Waals surface area contributed by atoms with Gasteiger partial charge in [0.1, 0.15) is 0 Å². The van der Waals surface area contributed by atoms with Crippen LogP contribution in [0.3, 0.4) is 0 Å². The largest absolute Gasteiger partial charge is 0.345 e. The molecule has 0 aliphatic carbocycles. The van der Waals surface area contributed by atoms with Gasteiger partial charge in [0.25, 0.3) is 11.8 Å². The number of nitrogens with one attached hydrogen (secondary N) is 2. The summed E-state index contributed by atoms with van der Waals surface area (Å²) in [7, 11) is 0. The molecule has 1 atom stereocenters. The first kappa shape index (κ1) is 24.3. The summed E-state index contributed by atoms with van der Waals surface area (Å²) in [5, 5.41) is 5.91. The van der Waals surface area contributed by atoms with Gasteiger partial charge < -0.3 is 10.6 Å². The first-order chi connectivity index (χ1) is 17.0. The molecule has 4 aromatic carbocycles. The lowest BCUT2D eigenvalue weighted by Gasteiger charge is -2.16. The number of carbonyl (C=O) groups excluding carboxylic acids is 2. The first-order valence-electron chi connectivity index (χ1n) is 11.5. The number of thioether (sulfide) groups is 1. The van der Waals surface area contributed by atoms with E-state index in [1.165, 1.54) is 10.5 Å². The van der Waals surface area contributed by atoms with E-state index in [9.17, 15) is 9.59 Å². The lowest BCUT2D eigenvalue weighted by atomic mass is 10.1. The smallest absolute Gasteiger partial charge is 0.255 e. The third-order valence-corrected chi connectivity index (χ3v) is 6.79. The lowest BCUT2D eigenvalue weighted by Crippen LogP contribution is -2.28. The molecule has 0 aromatic heterocycles. The van der Waals surface area contributed by atoms with Gasteiger partial charge in [0.2, 0.25) is 0 Å². The van der Waals surface area contributed by atoms with Crippen LogP contribution in [0.5, 0.6) is 0 Å². The third kappa shape index (κ3) is 6.61. The van der Waals surface area contributed by atoms with E-state index in [4.69, 9.17) is 0 Å². The number of anilines is 1. The molecule has 4 aromatic rings. The topological polar surface area (TPSA) is 58.2 Å². The van der Waals surface area contributed by atoms with E-state index in [2.05, 4.69) is 41.8 Å². The van der Waals surface area contributed by atoms with Crippen LogP contribution in [0.25, 0.3) is 0 Å². The highest BCUT2D eigenvalue weighted by Crippen LogP contribution is 2.24. The average Bonchev–Trinajstić information content (AvgIpc) is 2.89. The number of rotatable bonds is 8. The van der Waals surface area contributed by atoms with Gasteiger partial charge in [-0.25, -0.2) is 0 Å². The van der Waals surface area contributed by atoms with E-state index in [0.717, 1.165) is 16.9 Å². The zero-order valence-electron chi connectivity index (χ0n) is 19.8. The second-order valence-electron chi connectivity index (χ2n) is 8.40. The van der Waals surface area contributed by atoms with Gasteiger partial charge in [0, 0.05) is 16.2 Å². The van der Waals surface area contributed by atoms with Gasteiger partial charge in [-0.3, -0.25) is 9.59 Å². The Hall–Kier alpha value is -3.83. The van der Waals surface area contributed by atoms with Gasteiger partial charge in [-0.15, -0.1) is 11.8 Å². The van der Waals surface area contributed by atoms with Crippen molar-refractivity contribution in [3.63, 3.8) is 0 Å². The Kier molecular flexibility index (Phi) is 8.01. The maximum atomic E-state index is 13.0. The van der Waals surface area contributed by atoms with Crippen LogP contribution in [0.2, 0.25) is 0 Å². The second kappa shape index (κ2) is 11.5. The minimum absolute atomic E-state index is 0.155. The number of hydrogen-bond acceptors (Lipinski definition) is 3. The van der Waals surface area contributed by atoms with Gasteiger partial charge in [-0.2, -0.15) is 0 Å². The van der Waals surface area contributed by atoms with Crippen LogP contribution in [-0.4, -0.2) is 11.8 Å². The minimum atomic E-state index is -0.251. The van der Waals surface area contributed by atoms with E-state index in [0.29, 0.717) is 16.8 Å². The van der Waals surface area contributed by atoms with Crippen molar-refractivity contribution >= 4 is 29.3 Å². The Labute approximate surface area is 210 Å². The molecule has 5 heteroatoms. The van der Waals surface area contributed by atoms with Crippen LogP contribution in [0.15, 0.2) is 108 Å². The predicted octanol–water partition coefficient (Wildman–Crippen LogP) is 7.03. The van der Waals surface area contributed by atoms with E-state index >= 15 is 0 Å². The fraction of sp³-hybridized carbons (Fsp3) is 0.133. The Balaban J connectivity index is 1.39. The van der Waals surface area contributed by atoms with Gasteiger partial charge in [0.15, 0.2) is 0 Å². The number of benzene rings is 4. The maximum Gasteiger partial charge on any atom is 0.255 e. The van der Waals surface area contributed by atoms with Crippen molar-refractivity contribution in [1.82, 2.24) is 5.32 Å². The SMILES string of the molecule is Cc1ccc(SCc2ccc(C(=O)Nc3ccccc3C(=O)N[C@H](C)c3ccccc3)cc2)cc1. The molecule has 0 aliphatic heterocycles. The lowest BCUT2D eigenvalue weighted by molar-refractivity contribution is 0.0940. The second-order valence-corrected chi connectivity index (χ2v) is 9.45. The van der Waals surface area contributed by atoms with Crippen LogP contribution in [0.4, 0.5) is 5.69 Å².